The first-order valence-electron chi connectivity index (χ1n) is 8.50. The predicted octanol–water partition coefficient (Wildman–Crippen LogP) is 3.38. The average Bonchev–Trinajstić information content (AvgIpc) is 3.18. The Morgan fingerprint density at radius 1 is 1.35 bits per heavy atom. The van der Waals surface area contributed by atoms with Crippen molar-refractivity contribution in [3.63, 3.8) is 0 Å². The molecule has 2 aliphatic carbocycles. The Kier molecular flexibility index (Phi) is 4.16. The molecule has 3 rings (SSSR count). The molecule has 2 bridgehead atoms. The first-order chi connectivity index (χ1) is 9.71. The molecule has 1 heterocycles. The lowest BCUT2D eigenvalue weighted by Gasteiger charge is -2.28. The molecular formula is C17H29N3. The summed E-state index contributed by atoms with van der Waals surface area (Å²) in [6.45, 7) is 8.68. The zero-order valence-electron chi connectivity index (χ0n) is 13.2. The number of nitrogens with zero attached hydrogens (tertiary/aromatic N) is 2. The molecule has 4 unspecified atom stereocenters. The van der Waals surface area contributed by atoms with E-state index < -0.39 is 0 Å². The molecule has 0 aromatic carbocycles. The molecule has 0 spiro atoms. The standard InChI is InChI=1S/C17H29N3/c1-4-15-10-16(20(5-2)19-15)11-18-12(3)17-9-13-6-7-14(17)8-13/h10,12-14,17-18H,4-9,11H2,1-3H3. The number of aryl methyl sites for hydroxylation is 2. The molecule has 112 valence electrons. The third-order valence-electron chi connectivity index (χ3n) is 5.62. The van der Waals surface area contributed by atoms with Crippen molar-refractivity contribution in [1.29, 1.82) is 0 Å². The van der Waals surface area contributed by atoms with Gasteiger partial charge in [0.25, 0.3) is 0 Å². The topological polar surface area (TPSA) is 29.9 Å². The van der Waals surface area contributed by atoms with Crippen molar-refractivity contribution < 1.29 is 0 Å². The van der Waals surface area contributed by atoms with Crippen molar-refractivity contribution in [2.24, 2.45) is 17.8 Å². The molecule has 1 aromatic rings. The molecule has 4 atom stereocenters. The number of hydrogen-bond donors (Lipinski definition) is 1. The van der Waals surface area contributed by atoms with E-state index in [1.807, 2.05) is 0 Å². The van der Waals surface area contributed by atoms with Gasteiger partial charge in [-0.1, -0.05) is 13.3 Å². The van der Waals surface area contributed by atoms with Crippen molar-refractivity contribution in [2.45, 2.75) is 72.0 Å². The lowest BCUT2D eigenvalue weighted by molar-refractivity contribution is 0.258. The van der Waals surface area contributed by atoms with Crippen LogP contribution in [-0.2, 0) is 19.5 Å². The maximum atomic E-state index is 4.64. The van der Waals surface area contributed by atoms with Gasteiger partial charge in [0.15, 0.2) is 0 Å². The third-order valence-corrected chi connectivity index (χ3v) is 5.62. The van der Waals surface area contributed by atoms with Crippen LogP contribution in [0.5, 0.6) is 0 Å². The van der Waals surface area contributed by atoms with Gasteiger partial charge in [-0.2, -0.15) is 5.10 Å². The van der Waals surface area contributed by atoms with E-state index in [4.69, 9.17) is 0 Å². The molecule has 20 heavy (non-hydrogen) atoms. The van der Waals surface area contributed by atoms with Crippen LogP contribution in [0.25, 0.3) is 0 Å². The number of rotatable bonds is 6. The van der Waals surface area contributed by atoms with E-state index in [-0.39, 0.29) is 0 Å². The molecule has 0 radical (unpaired) electrons. The predicted molar refractivity (Wildman–Crippen MR) is 82.5 cm³/mol. The van der Waals surface area contributed by atoms with Crippen molar-refractivity contribution in [1.82, 2.24) is 15.1 Å². The molecule has 2 saturated carbocycles. The Labute approximate surface area is 123 Å². The second-order valence-corrected chi connectivity index (χ2v) is 6.80. The van der Waals surface area contributed by atoms with Gasteiger partial charge in [-0.25, -0.2) is 0 Å². The Balaban J connectivity index is 1.57. The van der Waals surface area contributed by atoms with Crippen LogP contribution in [0.2, 0.25) is 0 Å². The van der Waals surface area contributed by atoms with E-state index in [1.165, 1.54) is 37.1 Å². The van der Waals surface area contributed by atoms with Gasteiger partial charge in [0.1, 0.15) is 0 Å². The van der Waals surface area contributed by atoms with E-state index in [1.54, 1.807) is 0 Å². The Bertz CT molecular complexity index is 451. The van der Waals surface area contributed by atoms with Gasteiger partial charge in [-0.3, -0.25) is 4.68 Å². The van der Waals surface area contributed by atoms with E-state index in [2.05, 4.69) is 41.9 Å². The van der Waals surface area contributed by atoms with Crippen LogP contribution in [0.15, 0.2) is 6.07 Å². The Hall–Kier alpha value is -0.830. The largest absolute Gasteiger partial charge is 0.308 e. The normalized spacial score (nSPS) is 30.1. The van der Waals surface area contributed by atoms with E-state index in [9.17, 15) is 0 Å². The van der Waals surface area contributed by atoms with Crippen molar-refractivity contribution >= 4 is 0 Å². The van der Waals surface area contributed by atoms with Crippen molar-refractivity contribution in [2.75, 3.05) is 0 Å². The Morgan fingerprint density at radius 2 is 2.20 bits per heavy atom. The average molecular weight is 275 g/mol. The summed E-state index contributed by atoms with van der Waals surface area (Å²) in [4.78, 5) is 0. The van der Waals surface area contributed by atoms with Crippen LogP contribution in [0.3, 0.4) is 0 Å². The fourth-order valence-corrected chi connectivity index (χ4v) is 4.43. The van der Waals surface area contributed by atoms with Crippen LogP contribution in [0.4, 0.5) is 0 Å². The van der Waals surface area contributed by atoms with Gasteiger partial charge in [0, 0.05) is 19.1 Å². The number of hydrogen-bond acceptors (Lipinski definition) is 2. The van der Waals surface area contributed by atoms with Gasteiger partial charge < -0.3 is 5.32 Å². The summed E-state index contributed by atoms with van der Waals surface area (Å²) in [6.07, 6.45) is 6.97. The molecule has 0 aliphatic heterocycles. The zero-order valence-corrected chi connectivity index (χ0v) is 13.2. The first kappa shape index (κ1) is 14.1. The molecule has 0 saturated heterocycles. The van der Waals surface area contributed by atoms with Crippen LogP contribution in [0, 0.1) is 17.8 Å². The highest BCUT2D eigenvalue weighted by Gasteiger charge is 2.41. The molecule has 2 fully saturated rings. The maximum Gasteiger partial charge on any atom is 0.0625 e. The smallest absolute Gasteiger partial charge is 0.0625 e. The minimum Gasteiger partial charge on any atom is -0.308 e. The summed E-state index contributed by atoms with van der Waals surface area (Å²) in [5.74, 6) is 2.96. The SMILES string of the molecule is CCc1cc(CNC(C)C2CC3CCC2C3)n(CC)n1. The molecule has 2 aliphatic rings. The first-order valence-corrected chi connectivity index (χ1v) is 8.50. The van der Waals surface area contributed by atoms with Crippen molar-refractivity contribution in [3.8, 4) is 0 Å². The quantitative estimate of drug-likeness (QED) is 0.862. The van der Waals surface area contributed by atoms with E-state index in [0.717, 1.165) is 37.3 Å². The van der Waals surface area contributed by atoms with Gasteiger partial charge in [0.05, 0.1) is 11.4 Å². The molecule has 1 N–H and O–H groups in total. The van der Waals surface area contributed by atoms with Crippen LogP contribution >= 0.6 is 0 Å². The lowest BCUT2D eigenvalue weighted by atomic mass is 9.84. The highest BCUT2D eigenvalue weighted by Crippen LogP contribution is 2.49. The third kappa shape index (κ3) is 2.65. The fourth-order valence-electron chi connectivity index (χ4n) is 4.43. The second kappa shape index (κ2) is 5.88. The van der Waals surface area contributed by atoms with Crippen molar-refractivity contribution in [3.05, 3.63) is 17.5 Å². The lowest BCUT2D eigenvalue weighted by Crippen LogP contribution is -2.36. The minimum absolute atomic E-state index is 0.649. The summed E-state index contributed by atoms with van der Waals surface area (Å²) in [7, 11) is 0. The molecular weight excluding hydrogens is 246 g/mol. The van der Waals surface area contributed by atoms with Crippen LogP contribution < -0.4 is 5.32 Å². The van der Waals surface area contributed by atoms with E-state index >= 15 is 0 Å². The summed E-state index contributed by atoms with van der Waals surface area (Å²) < 4.78 is 2.15. The van der Waals surface area contributed by atoms with Crippen LogP contribution in [0.1, 0.15) is 57.8 Å². The summed E-state index contributed by atoms with van der Waals surface area (Å²) >= 11 is 0. The van der Waals surface area contributed by atoms with Gasteiger partial charge in [-0.05, 0) is 63.4 Å². The van der Waals surface area contributed by atoms with Gasteiger partial charge in [-0.15, -0.1) is 0 Å². The monoisotopic (exact) mass is 275 g/mol. The maximum absolute atomic E-state index is 4.64. The number of fused-ring (bicyclic) bond motifs is 2. The molecule has 3 heteroatoms. The van der Waals surface area contributed by atoms with E-state index in [0.29, 0.717) is 6.04 Å². The van der Waals surface area contributed by atoms with Gasteiger partial charge in [0.2, 0.25) is 0 Å². The van der Waals surface area contributed by atoms with Gasteiger partial charge >= 0.3 is 0 Å². The Morgan fingerprint density at radius 3 is 2.80 bits per heavy atom. The highest BCUT2D eigenvalue weighted by molar-refractivity contribution is 5.10. The fraction of sp³-hybridized carbons (Fsp3) is 0.824. The second-order valence-electron chi connectivity index (χ2n) is 6.80. The summed E-state index contributed by atoms with van der Waals surface area (Å²) in [5.41, 5.74) is 2.57. The zero-order chi connectivity index (χ0) is 14.1. The molecule has 1 aromatic heterocycles. The van der Waals surface area contributed by atoms with Crippen LogP contribution in [-0.4, -0.2) is 15.8 Å². The summed E-state index contributed by atoms with van der Waals surface area (Å²) in [6, 6.07) is 2.92. The number of nitrogens with one attached hydrogen (secondary N) is 1. The molecule has 3 nitrogen and oxygen atoms in total. The highest BCUT2D eigenvalue weighted by atomic mass is 15.3. The minimum atomic E-state index is 0.649. The summed E-state index contributed by atoms with van der Waals surface area (Å²) in [5, 5.41) is 8.41. The molecule has 0 amide bonds. The number of aromatic nitrogens is 2.